The zero-order valence-corrected chi connectivity index (χ0v) is 17.4. The maximum absolute atomic E-state index is 13.6. The average molecular weight is 442 g/mol. The SMILES string of the molecule is CNc1cccc(C)c1CNc1nc(Nc2cccc3c2NC(=O)C3)ncc1C(F)(F)F. The first-order valence-corrected chi connectivity index (χ1v) is 9.89. The summed E-state index contributed by atoms with van der Waals surface area (Å²) in [6.45, 7) is 2.03. The predicted octanol–water partition coefficient (Wildman–Crippen LogP) is 4.70. The van der Waals surface area contributed by atoms with Crippen molar-refractivity contribution in [2.75, 3.05) is 28.3 Å². The van der Waals surface area contributed by atoms with E-state index in [1.165, 1.54) is 0 Å². The number of anilines is 5. The van der Waals surface area contributed by atoms with E-state index in [4.69, 9.17) is 0 Å². The summed E-state index contributed by atoms with van der Waals surface area (Å²) >= 11 is 0. The fourth-order valence-corrected chi connectivity index (χ4v) is 3.60. The Hall–Kier alpha value is -3.82. The number of fused-ring (bicyclic) bond motifs is 1. The van der Waals surface area contributed by atoms with Gasteiger partial charge in [-0.2, -0.15) is 18.2 Å². The highest BCUT2D eigenvalue weighted by molar-refractivity contribution is 6.03. The molecule has 1 amide bonds. The van der Waals surface area contributed by atoms with E-state index in [9.17, 15) is 18.0 Å². The highest BCUT2D eigenvalue weighted by Crippen LogP contribution is 2.36. The minimum absolute atomic E-state index is 0.0197. The fourth-order valence-electron chi connectivity index (χ4n) is 3.60. The second-order valence-electron chi connectivity index (χ2n) is 7.35. The Kier molecular flexibility index (Phi) is 5.60. The van der Waals surface area contributed by atoms with E-state index >= 15 is 0 Å². The molecule has 1 aliphatic rings. The van der Waals surface area contributed by atoms with Gasteiger partial charge in [0.05, 0.1) is 17.8 Å². The second kappa shape index (κ2) is 8.37. The van der Waals surface area contributed by atoms with Crippen LogP contribution in [0.15, 0.2) is 42.6 Å². The van der Waals surface area contributed by atoms with Crippen molar-refractivity contribution in [1.29, 1.82) is 0 Å². The third-order valence-electron chi connectivity index (χ3n) is 5.22. The van der Waals surface area contributed by atoms with Crippen molar-refractivity contribution in [2.45, 2.75) is 26.1 Å². The van der Waals surface area contributed by atoms with Crippen LogP contribution in [-0.4, -0.2) is 22.9 Å². The molecule has 0 unspecified atom stereocenters. The number of rotatable bonds is 6. The zero-order chi connectivity index (χ0) is 22.9. The molecule has 32 heavy (non-hydrogen) atoms. The van der Waals surface area contributed by atoms with Gasteiger partial charge in [0.2, 0.25) is 11.9 Å². The molecule has 0 aliphatic carbocycles. The van der Waals surface area contributed by atoms with Gasteiger partial charge in [-0.3, -0.25) is 4.79 Å². The Bertz CT molecular complexity index is 1180. The first-order chi connectivity index (χ1) is 15.3. The van der Waals surface area contributed by atoms with Crippen molar-refractivity contribution in [1.82, 2.24) is 9.97 Å². The van der Waals surface area contributed by atoms with Crippen molar-refractivity contribution < 1.29 is 18.0 Å². The maximum Gasteiger partial charge on any atom is 0.421 e. The van der Waals surface area contributed by atoms with Crippen LogP contribution in [-0.2, 0) is 23.9 Å². The van der Waals surface area contributed by atoms with Crippen LogP contribution in [0.25, 0.3) is 0 Å². The summed E-state index contributed by atoms with van der Waals surface area (Å²) in [6, 6.07) is 10.9. The number of hydrogen-bond donors (Lipinski definition) is 4. The molecule has 0 spiro atoms. The van der Waals surface area contributed by atoms with Crippen molar-refractivity contribution in [3.05, 3.63) is 64.8 Å². The van der Waals surface area contributed by atoms with Crippen LogP contribution in [0, 0.1) is 6.92 Å². The number of hydrogen-bond acceptors (Lipinski definition) is 6. The summed E-state index contributed by atoms with van der Waals surface area (Å²) < 4.78 is 40.7. The molecule has 0 saturated carbocycles. The van der Waals surface area contributed by atoms with Crippen LogP contribution < -0.4 is 21.3 Å². The molecule has 0 fully saturated rings. The maximum atomic E-state index is 13.6. The first-order valence-electron chi connectivity index (χ1n) is 9.89. The Morgan fingerprint density at radius 3 is 2.62 bits per heavy atom. The van der Waals surface area contributed by atoms with Crippen LogP contribution in [0.4, 0.5) is 42.0 Å². The summed E-state index contributed by atoms with van der Waals surface area (Å²) in [7, 11) is 1.75. The molecule has 4 N–H and O–H groups in total. The number of amides is 1. The highest BCUT2D eigenvalue weighted by atomic mass is 19.4. The summed E-state index contributed by atoms with van der Waals surface area (Å²) in [4.78, 5) is 19.6. The van der Waals surface area contributed by atoms with Gasteiger partial charge in [0, 0.05) is 25.5 Å². The summed E-state index contributed by atoms with van der Waals surface area (Å²) in [6.07, 6.45) is -3.63. The number of para-hydroxylation sites is 1. The van der Waals surface area contributed by atoms with E-state index in [-0.39, 0.29) is 30.6 Å². The molecule has 10 heteroatoms. The number of carbonyl (C=O) groups is 1. The van der Waals surface area contributed by atoms with Gasteiger partial charge in [-0.05, 0) is 35.7 Å². The second-order valence-corrected chi connectivity index (χ2v) is 7.35. The molecule has 3 aromatic rings. The van der Waals surface area contributed by atoms with Gasteiger partial charge >= 0.3 is 6.18 Å². The van der Waals surface area contributed by atoms with Crippen molar-refractivity contribution in [3.8, 4) is 0 Å². The van der Waals surface area contributed by atoms with Crippen molar-refractivity contribution in [3.63, 3.8) is 0 Å². The monoisotopic (exact) mass is 442 g/mol. The minimum Gasteiger partial charge on any atom is -0.388 e. The summed E-state index contributed by atoms with van der Waals surface area (Å²) in [5.41, 5.74) is 3.50. The number of nitrogens with zero attached hydrogens (tertiary/aromatic N) is 2. The molecular formula is C22H21F3N6O. The predicted molar refractivity (Wildman–Crippen MR) is 117 cm³/mol. The Labute approximate surface area is 182 Å². The van der Waals surface area contributed by atoms with Crippen LogP contribution >= 0.6 is 0 Å². The number of alkyl halides is 3. The first kappa shape index (κ1) is 21.4. The highest BCUT2D eigenvalue weighted by Gasteiger charge is 2.35. The van der Waals surface area contributed by atoms with E-state index < -0.39 is 11.7 Å². The number of benzene rings is 2. The lowest BCUT2D eigenvalue weighted by Crippen LogP contribution is -2.15. The number of aryl methyl sites for hydroxylation is 1. The van der Waals surface area contributed by atoms with E-state index in [2.05, 4.69) is 31.2 Å². The van der Waals surface area contributed by atoms with Gasteiger partial charge in [0.15, 0.2) is 0 Å². The van der Waals surface area contributed by atoms with Crippen LogP contribution in [0.1, 0.15) is 22.3 Å². The zero-order valence-electron chi connectivity index (χ0n) is 17.4. The molecule has 0 saturated heterocycles. The largest absolute Gasteiger partial charge is 0.421 e. The number of aromatic nitrogens is 2. The third-order valence-corrected chi connectivity index (χ3v) is 5.22. The van der Waals surface area contributed by atoms with Crippen LogP contribution in [0.3, 0.4) is 0 Å². The van der Waals surface area contributed by atoms with Gasteiger partial charge in [-0.25, -0.2) is 4.98 Å². The van der Waals surface area contributed by atoms with Gasteiger partial charge < -0.3 is 21.3 Å². The lowest BCUT2D eigenvalue weighted by atomic mass is 10.1. The van der Waals surface area contributed by atoms with Crippen molar-refractivity contribution in [2.24, 2.45) is 0 Å². The topological polar surface area (TPSA) is 91.0 Å². The molecule has 4 rings (SSSR count). The minimum atomic E-state index is -4.62. The van der Waals surface area contributed by atoms with Gasteiger partial charge in [-0.1, -0.05) is 24.3 Å². The van der Waals surface area contributed by atoms with Crippen molar-refractivity contribution >= 4 is 34.7 Å². The normalized spacial score (nSPS) is 12.8. The van der Waals surface area contributed by atoms with Gasteiger partial charge in [0.25, 0.3) is 0 Å². The summed E-state index contributed by atoms with van der Waals surface area (Å²) in [5, 5.41) is 11.5. The van der Waals surface area contributed by atoms with E-state index in [0.717, 1.165) is 28.6 Å². The summed E-state index contributed by atoms with van der Waals surface area (Å²) in [5.74, 6) is -0.505. The quantitative estimate of drug-likeness (QED) is 0.443. The Morgan fingerprint density at radius 1 is 1.12 bits per heavy atom. The van der Waals surface area contributed by atoms with Gasteiger partial charge in [0.1, 0.15) is 11.4 Å². The third kappa shape index (κ3) is 4.29. The molecule has 0 radical (unpaired) electrons. The molecule has 2 heterocycles. The molecule has 1 aromatic heterocycles. The Morgan fingerprint density at radius 2 is 1.88 bits per heavy atom. The molecule has 2 aromatic carbocycles. The van der Waals surface area contributed by atoms with E-state index in [0.29, 0.717) is 11.4 Å². The molecule has 1 aliphatic heterocycles. The van der Waals surface area contributed by atoms with Crippen LogP contribution in [0.5, 0.6) is 0 Å². The van der Waals surface area contributed by atoms with E-state index in [1.807, 2.05) is 25.1 Å². The molecule has 0 atom stereocenters. The molecule has 166 valence electrons. The van der Waals surface area contributed by atoms with E-state index in [1.54, 1.807) is 25.2 Å². The number of nitrogens with one attached hydrogen (secondary N) is 4. The van der Waals surface area contributed by atoms with Crippen LogP contribution in [0.2, 0.25) is 0 Å². The standard InChI is InChI=1S/C22H21F3N6O/c1-12-5-3-7-16(26-2)14(12)10-27-20-15(22(23,24)25)11-28-21(31-20)29-17-8-4-6-13-9-18(32)30-19(13)17/h3-8,11,26H,9-10H2,1-2H3,(H,30,32)(H2,27,28,29,31). The number of carbonyl (C=O) groups excluding carboxylic acids is 1. The molecule has 7 nitrogen and oxygen atoms in total. The number of halogens is 3. The van der Waals surface area contributed by atoms with Gasteiger partial charge in [-0.15, -0.1) is 0 Å². The smallest absolute Gasteiger partial charge is 0.388 e. The lowest BCUT2D eigenvalue weighted by molar-refractivity contribution is -0.137. The molecule has 0 bridgehead atoms. The fraction of sp³-hybridized carbons (Fsp3) is 0.227. The average Bonchev–Trinajstić information content (AvgIpc) is 3.13. The lowest BCUT2D eigenvalue weighted by Gasteiger charge is -2.17. The Balaban J connectivity index is 1.65. The molecular weight excluding hydrogens is 421 g/mol.